The number of rotatable bonds is 4. The van der Waals surface area contributed by atoms with Gasteiger partial charge in [-0.2, -0.15) is 0 Å². The number of hydrogen-bond acceptors (Lipinski definition) is 4. The van der Waals surface area contributed by atoms with Crippen molar-refractivity contribution in [2.24, 2.45) is 0 Å². The molecule has 3 rings (SSSR count). The van der Waals surface area contributed by atoms with Crippen LogP contribution in [0.3, 0.4) is 0 Å². The lowest BCUT2D eigenvalue weighted by Gasteiger charge is -2.11. The van der Waals surface area contributed by atoms with Crippen molar-refractivity contribution in [3.63, 3.8) is 0 Å². The van der Waals surface area contributed by atoms with E-state index in [0.717, 1.165) is 21.1 Å². The van der Waals surface area contributed by atoms with E-state index in [-0.39, 0.29) is 11.6 Å². The number of nitrogens with zero attached hydrogens (tertiary/aromatic N) is 2. The predicted molar refractivity (Wildman–Crippen MR) is 95.1 cm³/mol. The molecule has 3 aromatic rings. The van der Waals surface area contributed by atoms with Gasteiger partial charge in [0.1, 0.15) is 6.33 Å². The molecule has 114 valence electrons. The SMILES string of the molecule is C=C(Nc1cccc(Br)c1)C(=O)Nc1ccc2ncncc2c1. The number of carbonyl (C=O) groups is 1. The van der Waals surface area contributed by atoms with Gasteiger partial charge in [0, 0.05) is 27.4 Å². The van der Waals surface area contributed by atoms with E-state index in [1.807, 2.05) is 36.4 Å². The standard InChI is InChI=1S/C17H13BrN4O/c1-11(21-14-4-2-3-13(18)8-14)17(23)22-15-5-6-16-12(7-15)9-19-10-20-16/h2-10,21H,1H2,(H,22,23). The lowest BCUT2D eigenvalue weighted by atomic mass is 10.2. The second kappa shape index (κ2) is 6.58. The fraction of sp³-hybridized carbons (Fsp3) is 0. The summed E-state index contributed by atoms with van der Waals surface area (Å²) in [7, 11) is 0. The van der Waals surface area contributed by atoms with Gasteiger partial charge in [-0.3, -0.25) is 4.79 Å². The van der Waals surface area contributed by atoms with E-state index in [1.165, 1.54) is 6.33 Å². The van der Waals surface area contributed by atoms with E-state index in [2.05, 4.69) is 43.1 Å². The summed E-state index contributed by atoms with van der Waals surface area (Å²) in [4.78, 5) is 20.3. The summed E-state index contributed by atoms with van der Waals surface area (Å²) in [5, 5.41) is 6.64. The van der Waals surface area contributed by atoms with Gasteiger partial charge in [0.2, 0.25) is 0 Å². The first-order valence-electron chi connectivity index (χ1n) is 6.84. The number of halogens is 1. The lowest BCUT2D eigenvalue weighted by molar-refractivity contribution is -0.112. The maximum absolute atomic E-state index is 12.2. The first-order valence-corrected chi connectivity index (χ1v) is 7.64. The molecule has 0 aliphatic rings. The molecule has 0 fully saturated rings. The van der Waals surface area contributed by atoms with Gasteiger partial charge in [0.05, 0.1) is 11.2 Å². The zero-order valence-electron chi connectivity index (χ0n) is 12.1. The third-order valence-electron chi connectivity index (χ3n) is 3.16. The van der Waals surface area contributed by atoms with Gasteiger partial charge in [-0.15, -0.1) is 0 Å². The van der Waals surface area contributed by atoms with E-state index in [1.54, 1.807) is 12.3 Å². The molecule has 0 radical (unpaired) electrons. The third-order valence-corrected chi connectivity index (χ3v) is 3.65. The number of benzene rings is 2. The van der Waals surface area contributed by atoms with Gasteiger partial charge < -0.3 is 10.6 Å². The van der Waals surface area contributed by atoms with Gasteiger partial charge in [0.25, 0.3) is 5.91 Å². The van der Waals surface area contributed by atoms with Crippen molar-refractivity contribution in [3.05, 3.63) is 71.7 Å². The molecule has 1 aromatic heterocycles. The predicted octanol–water partition coefficient (Wildman–Crippen LogP) is 3.96. The molecule has 1 heterocycles. The number of hydrogen-bond donors (Lipinski definition) is 2. The smallest absolute Gasteiger partial charge is 0.271 e. The van der Waals surface area contributed by atoms with Crippen molar-refractivity contribution in [2.75, 3.05) is 10.6 Å². The first kappa shape index (κ1) is 15.2. The van der Waals surface area contributed by atoms with E-state index in [0.29, 0.717) is 5.69 Å². The van der Waals surface area contributed by atoms with Crippen molar-refractivity contribution in [3.8, 4) is 0 Å². The number of amides is 1. The highest BCUT2D eigenvalue weighted by Crippen LogP contribution is 2.19. The molecule has 0 aliphatic carbocycles. The molecule has 2 N–H and O–H groups in total. The fourth-order valence-corrected chi connectivity index (χ4v) is 2.47. The van der Waals surface area contributed by atoms with Crippen LogP contribution in [0, 0.1) is 0 Å². The molecule has 5 nitrogen and oxygen atoms in total. The lowest BCUT2D eigenvalue weighted by Crippen LogP contribution is -2.18. The van der Waals surface area contributed by atoms with Crippen LogP contribution in [0.5, 0.6) is 0 Å². The quantitative estimate of drug-likeness (QED) is 0.684. The summed E-state index contributed by atoms with van der Waals surface area (Å²) in [6.07, 6.45) is 3.19. The van der Waals surface area contributed by atoms with Gasteiger partial charge in [-0.05, 0) is 36.4 Å². The zero-order valence-corrected chi connectivity index (χ0v) is 13.7. The van der Waals surface area contributed by atoms with Crippen molar-refractivity contribution < 1.29 is 4.79 Å². The van der Waals surface area contributed by atoms with Crippen molar-refractivity contribution >= 4 is 44.1 Å². The van der Waals surface area contributed by atoms with E-state index in [9.17, 15) is 4.79 Å². The Hall–Kier alpha value is -2.73. The van der Waals surface area contributed by atoms with Crippen LogP contribution in [0.1, 0.15) is 0 Å². The van der Waals surface area contributed by atoms with Crippen molar-refractivity contribution in [1.29, 1.82) is 0 Å². The summed E-state index contributed by atoms with van der Waals surface area (Å²) in [5.74, 6) is -0.304. The Kier molecular flexibility index (Phi) is 4.34. The molecule has 0 spiro atoms. The van der Waals surface area contributed by atoms with E-state index >= 15 is 0 Å². The Bertz CT molecular complexity index is 894. The minimum Gasteiger partial charge on any atom is -0.351 e. The van der Waals surface area contributed by atoms with Crippen molar-refractivity contribution in [2.45, 2.75) is 0 Å². The van der Waals surface area contributed by atoms with Gasteiger partial charge in [0.15, 0.2) is 0 Å². The normalized spacial score (nSPS) is 10.3. The molecular weight excluding hydrogens is 356 g/mol. The summed E-state index contributed by atoms with van der Waals surface area (Å²) >= 11 is 3.38. The topological polar surface area (TPSA) is 66.9 Å². The maximum atomic E-state index is 12.2. The third kappa shape index (κ3) is 3.73. The van der Waals surface area contributed by atoms with Crippen LogP contribution in [0.15, 0.2) is 71.7 Å². The van der Waals surface area contributed by atoms with Crippen LogP contribution in [0.4, 0.5) is 11.4 Å². The molecule has 1 amide bonds. The Balaban J connectivity index is 1.71. The molecule has 0 aliphatic heterocycles. The molecule has 0 unspecified atom stereocenters. The maximum Gasteiger partial charge on any atom is 0.271 e. The Morgan fingerprint density at radius 1 is 1.09 bits per heavy atom. The molecule has 2 aromatic carbocycles. The zero-order chi connectivity index (χ0) is 16.2. The van der Waals surface area contributed by atoms with E-state index < -0.39 is 0 Å². The van der Waals surface area contributed by atoms with Crippen LogP contribution < -0.4 is 10.6 Å². The highest BCUT2D eigenvalue weighted by Gasteiger charge is 2.08. The van der Waals surface area contributed by atoms with Gasteiger partial charge >= 0.3 is 0 Å². The average Bonchev–Trinajstić information content (AvgIpc) is 2.54. The second-order valence-electron chi connectivity index (χ2n) is 4.86. The molecule has 0 saturated carbocycles. The number of nitrogens with one attached hydrogen (secondary N) is 2. The minimum atomic E-state index is -0.304. The Labute approximate surface area is 141 Å². The van der Waals surface area contributed by atoms with Crippen LogP contribution >= 0.6 is 15.9 Å². The summed E-state index contributed by atoms with van der Waals surface area (Å²) < 4.78 is 0.922. The minimum absolute atomic E-state index is 0.257. The summed E-state index contributed by atoms with van der Waals surface area (Å²) in [6, 6.07) is 12.9. The molecular formula is C17H13BrN4O. The second-order valence-corrected chi connectivity index (χ2v) is 5.78. The van der Waals surface area contributed by atoms with Crippen LogP contribution in [-0.4, -0.2) is 15.9 Å². The average molecular weight is 369 g/mol. The highest BCUT2D eigenvalue weighted by molar-refractivity contribution is 9.10. The molecule has 6 heteroatoms. The summed E-state index contributed by atoms with van der Waals surface area (Å²) in [6.45, 7) is 3.77. The van der Waals surface area contributed by atoms with Crippen LogP contribution in [-0.2, 0) is 4.79 Å². The number of fused-ring (bicyclic) bond motifs is 1. The van der Waals surface area contributed by atoms with Gasteiger partial charge in [-0.25, -0.2) is 9.97 Å². The number of anilines is 2. The number of carbonyl (C=O) groups excluding carboxylic acids is 1. The number of aromatic nitrogens is 2. The van der Waals surface area contributed by atoms with E-state index in [4.69, 9.17) is 0 Å². The fourth-order valence-electron chi connectivity index (χ4n) is 2.07. The highest BCUT2D eigenvalue weighted by atomic mass is 79.9. The van der Waals surface area contributed by atoms with Gasteiger partial charge in [-0.1, -0.05) is 28.6 Å². The Morgan fingerprint density at radius 2 is 1.91 bits per heavy atom. The van der Waals surface area contributed by atoms with Crippen LogP contribution in [0.25, 0.3) is 10.9 Å². The monoisotopic (exact) mass is 368 g/mol. The largest absolute Gasteiger partial charge is 0.351 e. The summed E-state index contributed by atoms with van der Waals surface area (Å²) in [5.41, 5.74) is 2.53. The molecule has 0 saturated heterocycles. The first-order chi connectivity index (χ1) is 11.1. The van der Waals surface area contributed by atoms with Crippen molar-refractivity contribution in [1.82, 2.24) is 9.97 Å². The molecule has 0 bridgehead atoms. The molecule has 23 heavy (non-hydrogen) atoms. The van der Waals surface area contributed by atoms with Crippen LogP contribution in [0.2, 0.25) is 0 Å². The molecule has 0 atom stereocenters. The Morgan fingerprint density at radius 3 is 2.74 bits per heavy atom.